The Balaban J connectivity index is 1.61. The topological polar surface area (TPSA) is 64.4 Å². The van der Waals surface area contributed by atoms with Crippen molar-refractivity contribution in [2.75, 3.05) is 14.2 Å². The molecule has 0 fully saturated rings. The van der Waals surface area contributed by atoms with E-state index in [-0.39, 0.29) is 11.6 Å². The number of methoxy groups -OCH3 is 2. The van der Waals surface area contributed by atoms with Gasteiger partial charge in [-0.15, -0.1) is 0 Å². The van der Waals surface area contributed by atoms with E-state index >= 15 is 8.78 Å². The van der Waals surface area contributed by atoms with Crippen LogP contribution in [0.5, 0.6) is 11.5 Å². The number of fused-ring (bicyclic) bond motifs is 2. The third-order valence-electron chi connectivity index (χ3n) is 6.92. The van der Waals surface area contributed by atoms with Crippen LogP contribution < -0.4 is 9.47 Å². The van der Waals surface area contributed by atoms with Crippen LogP contribution in [0.25, 0.3) is 50.2 Å². The van der Waals surface area contributed by atoms with Gasteiger partial charge in [0, 0.05) is 22.9 Å². The van der Waals surface area contributed by atoms with E-state index in [9.17, 15) is 0 Å². The van der Waals surface area contributed by atoms with E-state index in [1.54, 1.807) is 83.1 Å². The second-order valence-corrected chi connectivity index (χ2v) is 9.13. The van der Waals surface area contributed by atoms with Gasteiger partial charge in [0.15, 0.2) is 0 Å². The molecule has 0 amide bonds. The number of imidazole rings is 2. The third-order valence-corrected chi connectivity index (χ3v) is 6.92. The Morgan fingerprint density at radius 3 is 2.37 bits per heavy atom. The van der Waals surface area contributed by atoms with E-state index < -0.39 is 0 Å². The molecule has 0 saturated carbocycles. The quantitative estimate of drug-likeness (QED) is 0.268. The summed E-state index contributed by atoms with van der Waals surface area (Å²) in [5.41, 5.74) is 6.22. The van der Waals surface area contributed by atoms with Crippen LogP contribution in [0.3, 0.4) is 0 Å². The number of ether oxygens (including phenoxy) is 2. The molecule has 0 aliphatic heterocycles. The molecule has 0 bridgehead atoms. The molecule has 6 aromatic rings. The zero-order valence-electron chi connectivity index (χ0n) is 21.3. The summed E-state index contributed by atoms with van der Waals surface area (Å²) in [5, 5.41) is 0. The Morgan fingerprint density at radius 1 is 0.816 bits per heavy atom. The first-order valence-electron chi connectivity index (χ1n) is 12.0. The standard InChI is InChI=1S/C30H24F2N4O2/c1-16-6-5-7-19(27(16)31)26-24(38-4)10-11-36-22(14-33-30(26)36)18-12-17(2)28(32)20(13-18)25-23(37-3)9-8-21-29(25)35-15-34-21/h5-15H,1-4H3,(H,34,35). The van der Waals surface area contributed by atoms with Crippen LogP contribution in [0, 0.1) is 25.5 Å². The minimum absolute atomic E-state index is 0.331. The molecule has 3 aromatic heterocycles. The number of rotatable bonds is 5. The van der Waals surface area contributed by atoms with Gasteiger partial charge in [-0.1, -0.05) is 18.2 Å². The van der Waals surface area contributed by atoms with Gasteiger partial charge in [0.2, 0.25) is 0 Å². The third kappa shape index (κ3) is 3.52. The number of aromatic nitrogens is 4. The average Bonchev–Trinajstić information content (AvgIpc) is 3.58. The molecule has 3 heterocycles. The molecule has 0 aliphatic rings. The van der Waals surface area contributed by atoms with E-state index in [1.165, 1.54) is 0 Å². The summed E-state index contributed by atoms with van der Waals surface area (Å²) in [4.78, 5) is 12.2. The van der Waals surface area contributed by atoms with Crippen molar-refractivity contribution in [1.29, 1.82) is 0 Å². The Labute approximate surface area is 217 Å². The smallest absolute Gasteiger partial charge is 0.148 e. The minimum Gasteiger partial charge on any atom is -0.496 e. The maximum Gasteiger partial charge on any atom is 0.148 e. The summed E-state index contributed by atoms with van der Waals surface area (Å²) in [6, 6.07) is 14.2. The van der Waals surface area contributed by atoms with Crippen LogP contribution in [0.1, 0.15) is 11.1 Å². The number of pyridine rings is 1. The van der Waals surface area contributed by atoms with Crippen molar-refractivity contribution in [2.24, 2.45) is 0 Å². The van der Waals surface area contributed by atoms with Crippen molar-refractivity contribution in [3.05, 3.63) is 90.0 Å². The first-order valence-corrected chi connectivity index (χ1v) is 12.0. The van der Waals surface area contributed by atoms with E-state index in [4.69, 9.17) is 9.47 Å². The van der Waals surface area contributed by atoms with Gasteiger partial charge in [0.25, 0.3) is 0 Å². The molecule has 0 spiro atoms. The molecule has 190 valence electrons. The predicted molar refractivity (Wildman–Crippen MR) is 144 cm³/mol. The number of H-pyrrole nitrogens is 1. The van der Waals surface area contributed by atoms with E-state index in [0.717, 1.165) is 16.8 Å². The number of aryl methyl sites for hydroxylation is 2. The molecular weight excluding hydrogens is 486 g/mol. The van der Waals surface area contributed by atoms with Crippen LogP contribution in [-0.4, -0.2) is 33.6 Å². The lowest BCUT2D eigenvalue weighted by Crippen LogP contribution is -1.99. The van der Waals surface area contributed by atoms with Gasteiger partial charge in [-0.25, -0.2) is 18.7 Å². The Bertz CT molecular complexity index is 1860. The molecule has 0 unspecified atom stereocenters. The van der Waals surface area contributed by atoms with Gasteiger partial charge in [-0.2, -0.15) is 0 Å². The lowest BCUT2D eigenvalue weighted by atomic mass is 9.96. The molecule has 38 heavy (non-hydrogen) atoms. The molecule has 6 rings (SSSR count). The fraction of sp³-hybridized carbons (Fsp3) is 0.133. The number of benzene rings is 3. The first kappa shape index (κ1) is 23.7. The molecule has 8 heteroatoms. The van der Waals surface area contributed by atoms with Crippen molar-refractivity contribution >= 4 is 16.7 Å². The molecule has 0 aliphatic carbocycles. The molecule has 1 N–H and O–H groups in total. The Kier molecular flexibility index (Phi) is 5.60. The Morgan fingerprint density at radius 2 is 1.58 bits per heavy atom. The van der Waals surface area contributed by atoms with Gasteiger partial charge in [0.05, 0.1) is 54.6 Å². The highest BCUT2D eigenvalue weighted by Gasteiger charge is 2.22. The molecular formula is C30H24F2N4O2. The molecule has 0 radical (unpaired) electrons. The van der Waals surface area contributed by atoms with E-state index in [2.05, 4.69) is 15.0 Å². The summed E-state index contributed by atoms with van der Waals surface area (Å²) in [6.45, 7) is 3.44. The molecule has 6 nitrogen and oxygen atoms in total. The van der Waals surface area contributed by atoms with E-state index in [0.29, 0.717) is 56.0 Å². The van der Waals surface area contributed by atoms with Crippen LogP contribution in [0.15, 0.2) is 67.3 Å². The zero-order chi connectivity index (χ0) is 26.6. The number of halogens is 2. The summed E-state index contributed by atoms with van der Waals surface area (Å²) in [7, 11) is 3.10. The lowest BCUT2D eigenvalue weighted by Gasteiger charge is -2.15. The molecule has 0 saturated heterocycles. The van der Waals surface area contributed by atoms with Gasteiger partial charge < -0.3 is 14.5 Å². The lowest BCUT2D eigenvalue weighted by molar-refractivity contribution is 0.416. The SMILES string of the molecule is COc1ccc2[nH]cnc2c1-c1cc(-c2cnc3c(-c4cccc(C)c4F)c(OC)ccn23)cc(C)c1F. The molecule has 3 aromatic carbocycles. The number of hydrogen-bond donors (Lipinski definition) is 1. The van der Waals surface area contributed by atoms with Crippen LogP contribution in [0.4, 0.5) is 8.78 Å². The van der Waals surface area contributed by atoms with Crippen molar-refractivity contribution in [1.82, 2.24) is 19.4 Å². The second kappa shape index (κ2) is 8.99. The number of aromatic amines is 1. The monoisotopic (exact) mass is 510 g/mol. The highest BCUT2D eigenvalue weighted by molar-refractivity contribution is 5.96. The summed E-state index contributed by atoms with van der Waals surface area (Å²) in [5.74, 6) is 0.327. The number of nitrogens with zero attached hydrogens (tertiary/aromatic N) is 3. The summed E-state index contributed by atoms with van der Waals surface area (Å²) in [6.07, 6.45) is 5.10. The maximum atomic E-state index is 15.7. The zero-order valence-corrected chi connectivity index (χ0v) is 21.3. The number of nitrogens with one attached hydrogen (secondary N) is 1. The number of hydrogen-bond acceptors (Lipinski definition) is 4. The van der Waals surface area contributed by atoms with Crippen molar-refractivity contribution in [2.45, 2.75) is 13.8 Å². The fourth-order valence-electron chi connectivity index (χ4n) is 5.03. The predicted octanol–water partition coefficient (Wildman–Crippen LogP) is 7.12. The maximum absolute atomic E-state index is 15.7. The minimum atomic E-state index is -0.361. The van der Waals surface area contributed by atoms with Crippen molar-refractivity contribution in [3.63, 3.8) is 0 Å². The van der Waals surface area contributed by atoms with Crippen LogP contribution in [-0.2, 0) is 0 Å². The van der Waals surface area contributed by atoms with Gasteiger partial charge in [0.1, 0.15) is 28.8 Å². The average molecular weight is 511 g/mol. The van der Waals surface area contributed by atoms with Gasteiger partial charge in [-0.3, -0.25) is 4.40 Å². The summed E-state index contributed by atoms with van der Waals surface area (Å²) >= 11 is 0. The molecule has 0 atom stereocenters. The van der Waals surface area contributed by atoms with Gasteiger partial charge >= 0.3 is 0 Å². The van der Waals surface area contributed by atoms with Crippen LogP contribution in [0.2, 0.25) is 0 Å². The van der Waals surface area contributed by atoms with Crippen molar-refractivity contribution < 1.29 is 18.3 Å². The van der Waals surface area contributed by atoms with Gasteiger partial charge in [-0.05, 0) is 55.3 Å². The first-order chi connectivity index (χ1) is 18.4. The summed E-state index contributed by atoms with van der Waals surface area (Å²) < 4.78 is 43.9. The largest absolute Gasteiger partial charge is 0.496 e. The fourth-order valence-corrected chi connectivity index (χ4v) is 5.03. The normalized spacial score (nSPS) is 11.4. The highest BCUT2D eigenvalue weighted by atomic mass is 19.1. The van der Waals surface area contributed by atoms with Crippen molar-refractivity contribution in [3.8, 4) is 45.0 Å². The highest BCUT2D eigenvalue weighted by Crippen LogP contribution is 2.41. The van der Waals surface area contributed by atoms with E-state index in [1.807, 2.05) is 16.7 Å². The second-order valence-electron chi connectivity index (χ2n) is 9.13. The Hall–Kier alpha value is -4.72. The van der Waals surface area contributed by atoms with Crippen LogP contribution >= 0.6 is 0 Å².